The van der Waals surface area contributed by atoms with Gasteiger partial charge in [0.25, 0.3) is 0 Å². The maximum atomic E-state index is 11.4. The first-order valence-electron chi connectivity index (χ1n) is 9.20. The van der Waals surface area contributed by atoms with E-state index in [2.05, 4.69) is 0 Å². The van der Waals surface area contributed by atoms with Crippen molar-refractivity contribution in [2.45, 2.75) is 18.6 Å². The fourth-order valence-electron chi connectivity index (χ4n) is 3.33. The molecule has 0 saturated carbocycles. The van der Waals surface area contributed by atoms with Gasteiger partial charge in [-0.05, 0) is 16.7 Å². The summed E-state index contributed by atoms with van der Waals surface area (Å²) in [6.45, 7) is 1.54. The van der Waals surface area contributed by atoms with Gasteiger partial charge in [0.1, 0.15) is 11.7 Å². The van der Waals surface area contributed by atoms with Gasteiger partial charge in [-0.1, -0.05) is 91.0 Å². The van der Waals surface area contributed by atoms with E-state index >= 15 is 0 Å². The number of carbonyl (C=O) groups is 1. The molecule has 0 radical (unpaired) electrons. The van der Waals surface area contributed by atoms with Crippen molar-refractivity contribution < 1.29 is 14.3 Å². The molecule has 3 nitrogen and oxygen atoms in total. The van der Waals surface area contributed by atoms with Gasteiger partial charge in [0, 0.05) is 6.92 Å². The van der Waals surface area contributed by atoms with E-state index in [9.17, 15) is 4.79 Å². The number of alkyl halides is 1. The number of ether oxygens (including phenoxy) is 2. The molecule has 0 bridgehead atoms. The van der Waals surface area contributed by atoms with Crippen molar-refractivity contribution in [3.63, 3.8) is 0 Å². The minimum atomic E-state index is -0.853. The Morgan fingerprint density at radius 1 is 0.821 bits per heavy atom. The highest BCUT2D eigenvalue weighted by Crippen LogP contribution is 2.40. The van der Waals surface area contributed by atoms with E-state index in [0.29, 0.717) is 0 Å². The summed E-state index contributed by atoms with van der Waals surface area (Å²) in [4.78, 5) is 11.4. The number of hydrogen-bond donors (Lipinski definition) is 0. The Morgan fingerprint density at radius 3 is 1.54 bits per heavy atom. The molecule has 4 heteroatoms. The third-order valence-corrected chi connectivity index (χ3v) is 4.88. The second-order valence-electron chi connectivity index (χ2n) is 6.48. The SMILES string of the molecule is CC(=O)O[C@H](CCl)COC(c1ccccc1)(c1ccccc1)c1ccccc1. The summed E-state index contributed by atoms with van der Waals surface area (Å²) in [6.07, 6.45) is -0.533. The average Bonchev–Trinajstić information content (AvgIpc) is 2.75. The highest BCUT2D eigenvalue weighted by molar-refractivity contribution is 6.18. The average molecular weight is 395 g/mol. The molecule has 3 rings (SSSR count). The van der Waals surface area contributed by atoms with E-state index < -0.39 is 11.7 Å². The van der Waals surface area contributed by atoms with Crippen molar-refractivity contribution in [3.8, 4) is 0 Å². The molecule has 3 aromatic carbocycles. The Hall–Kier alpha value is -2.62. The zero-order chi connectivity index (χ0) is 19.8. The Labute approximate surface area is 170 Å². The first-order valence-corrected chi connectivity index (χ1v) is 9.74. The lowest BCUT2D eigenvalue weighted by Gasteiger charge is -2.36. The van der Waals surface area contributed by atoms with Crippen molar-refractivity contribution in [2.75, 3.05) is 12.5 Å². The minimum Gasteiger partial charge on any atom is -0.459 e. The molecule has 0 aliphatic rings. The van der Waals surface area contributed by atoms with Crippen LogP contribution in [0.1, 0.15) is 23.6 Å². The number of benzene rings is 3. The molecule has 0 aliphatic carbocycles. The van der Waals surface area contributed by atoms with Crippen LogP contribution in [-0.2, 0) is 19.9 Å². The van der Waals surface area contributed by atoms with Gasteiger partial charge < -0.3 is 9.47 Å². The largest absolute Gasteiger partial charge is 0.459 e. The summed E-state index contributed by atoms with van der Waals surface area (Å²) in [6, 6.07) is 30.1. The highest BCUT2D eigenvalue weighted by Gasteiger charge is 2.38. The molecule has 0 N–H and O–H groups in total. The van der Waals surface area contributed by atoms with Crippen LogP contribution < -0.4 is 0 Å². The number of rotatable bonds is 8. The van der Waals surface area contributed by atoms with Gasteiger partial charge in [-0.15, -0.1) is 11.6 Å². The van der Waals surface area contributed by atoms with Crippen molar-refractivity contribution in [1.29, 1.82) is 0 Å². The Kier molecular flexibility index (Phi) is 6.85. The Balaban J connectivity index is 2.12. The smallest absolute Gasteiger partial charge is 0.303 e. The zero-order valence-electron chi connectivity index (χ0n) is 15.8. The molecule has 0 saturated heterocycles. The molecule has 0 heterocycles. The van der Waals surface area contributed by atoms with Gasteiger partial charge >= 0.3 is 5.97 Å². The van der Waals surface area contributed by atoms with Gasteiger partial charge in [0.2, 0.25) is 0 Å². The maximum Gasteiger partial charge on any atom is 0.303 e. The quantitative estimate of drug-likeness (QED) is 0.300. The van der Waals surface area contributed by atoms with Gasteiger partial charge in [-0.25, -0.2) is 0 Å². The highest BCUT2D eigenvalue weighted by atomic mass is 35.5. The third-order valence-electron chi connectivity index (χ3n) is 4.53. The molecular formula is C24H23ClO3. The second kappa shape index (κ2) is 9.54. The summed E-state index contributed by atoms with van der Waals surface area (Å²) in [5.41, 5.74) is 2.12. The lowest BCUT2D eigenvalue weighted by atomic mass is 9.80. The standard InChI is InChI=1S/C24H23ClO3/c1-19(26)28-23(17-25)18-27-24(20-11-5-2-6-12-20,21-13-7-3-8-14-21)22-15-9-4-10-16-22/h2-16,23H,17-18H2,1H3/t23-/m1/s1. The molecule has 1 atom stereocenters. The van der Waals surface area contributed by atoms with E-state index in [1.165, 1.54) is 6.92 Å². The van der Waals surface area contributed by atoms with Crippen LogP contribution in [0.3, 0.4) is 0 Å². The number of esters is 1. The van der Waals surface area contributed by atoms with E-state index in [-0.39, 0.29) is 18.5 Å². The molecule has 0 amide bonds. The first-order chi connectivity index (χ1) is 13.7. The van der Waals surface area contributed by atoms with Crippen molar-refractivity contribution in [3.05, 3.63) is 108 Å². The molecule has 0 fully saturated rings. The predicted octanol–water partition coefficient (Wildman–Crippen LogP) is 5.17. The van der Waals surface area contributed by atoms with Crippen LogP contribution >= 0.6 is 11.6 Å². The van der Waals surface area contributed by atoms with Crippen LogP contribution in [0.2, 0.25) is 0 Å². The Bertz CT molecular complexity index is 769. The van der Waals surface area contributed by atoms with Crippen LogP contribution in [0, 0.1) is 0 Å². The van der Waals surface area contributed by atoms with E-state index in [4.69, 9.17) is 21.1 Å². The molecule has 0 aliphatic heterocycles. The normalized spacial score (nSPS) is 12.4. The molecule has 0 unspecified atom stereocenters. The number of hydrogen-bond acceptors (Lipinski definition) is 3. The van der Waals surface area contributed by atoms with Gasteiger partial charge in [0.15, 0.2) is 0 Å². The molecular weight excluding hydrogens is 372 g/mol. The monoisotopic (exact) mass is 394 g/mol. The lowest BCUT2D eigenvalue weighted by molar-refractivity contribution is -0.150. The van der Waals surface area contributed by atoms with Gasteiger partial charge in [-0.3, -0.25) is 4.79 Å². The third kappa shape index (κ3) is 4.44. The van der Waals surface area contributed by atoms with Crippen LogP contribution in [0.4, 0.5) is 0 Å². The fraction of sp³-hybridized carbons (Fsp3) is 0.208. The van der Waals surface area contributed by atoms with E-state index in [1.807, 2.05) is 91.0 Å². The van der Waals surface area contributed by atoms with E-state index in [0.717, 1.165) is 16.7 Å². The van der Waals surface area contributed by atoms with Crippen LogP contribution in [-0.4, -0.2) is 24.6 Å². The minimum absolute atomic E-state index is 0.161. The molecule has 0 spiro atoms. The first kappa shape index (κ1) is 20.1. The molecule has 3 aromatic rings. The summed E-state index contributed by atoms with van der Waals surface area (Å²) >= 11 is 6.02. The number of carbonyl (C=O) groups excluding carboxylic acids is 1. The van der Waals surface area contributed by atoms with Crippen molar-refractivity contribution in [2.24, 2.45) is 0 Å². The maximum absolute atomic E-state index is 11.4. The number of halogens is 1. The lowest BCUT2D eigenvalue weighted by Crippen LogP contribution is -2.37. The van der Waals surface area contributed by atoms with E-state index in [1.54, 1.807) is 0 Å². The van der Waals surface area contributed by atoms with Gasteiger partial charge in [0.05, 0.1) is 12.5 Å². The fourth-order valence-corrected chi connectivity index (χ4v) is 3.48. The van der Waals surface area contributed by atoms with Crippen LogP contribution in [0.5, 0.6) is 0 Å². The summed E-state index contributed by atoms with van der Waals surface area (Å²) < 4.78 is 11.9. The summed E-state index contributed by atoms with van der Waals surface area (Å²) in [5, 5.41) is 0. The molecule has 144 valence electrons. The summed E-state index contributed by atoms with van der Waals surface area (Å²) in [5.74, 6) is -0.215. The topological polar surface area (TPSA) is 35.5 Å². The second-order valence-corrected chi connectivity index (χ2v) is 6.78. The zero-order valence-corrected chi connectivity index (χ0v) is 16.5. The summed E-state index contributed by atoms with van der Waals surface area (Å²) in [7, 11) is 0. The predicted molar refractivity (Wildman–Crippen MR) is 111 cm³/mol. The van der Waals surface area contributed by atoms with Crippen LogP contribution in [0.25, 0.3) is 0 Å². The van der Waals surface area contributed by atoms with Crippen LogP contribution in [0.15, 0.2) is 91.0 Å². The van der Waals surface area contributed by atoms with Crippen molar-refractivity contribution >= 4 is 17.6 Å². The van der Waals surface area contributed by atoms with Crippen molar-refractivity contribution in [1.82, 2.24) is 0 Å². The molecule has 28 heavy (non-hydrogen) atoms. The molecule has 0 aromatic heterocycles. The van der Waals surface area contributed by atoms with Gasteiger partial charge in [-0.2, -0.15) is 0 Å². The Morgan fingerprint density at radius 2 is 1.21 bits per heavy atom.